The molecule has 6 heteroatoms. The van der Waals surface area contributed by atoms with Crippen molar-refractivity contribution in [2.45, 2.75) is 6.92 Å². The average Bonchev–Trinajstić information content (AvgIpc) is 3.21. The minimum absolute atomic E-state index is 0.139. The van der Waals surface area contributed by atoms with Gasteiger partial charge in [-0.05, 0) is 31.8 Å². The van der Waals surface area contributed by atoms with Crippen molar-refractivity contribution in [2.75, 3.05) is 0 Å². The number of benzene rings is 2. The van der Waals surface area contributed by atoms with Crippen molar-refractivity contribution < 1.29 is 4.74 Å². The number of hydrazone groups is 1. The minimum atomic E-state index is -0.139. The van der Waals surface area contributed by atoms with E-state index in [4.69, 9.17) is 16.6 Å². The van der Waals surface area contributed by atoms with Gasteiger partial charge in [0.2, 0.25) is 11.8 Å². The van der Waals surface area contributed by atoms with Crippen molar-refractivity contribution in [2.24, 2.45) is 15.1 Å². The summed E-state index contributed by atoms with van der Waals surface area (Å²) in [5.41, 5.74) is 5.88. The highest BCUT2D eigenvalue weighted by Crippen LogP contribution is 2.18. The van der Waals surface area contributed by atoms with Crippen LogP contribution in [-0.4, -0.2) is 24.2 Å². The Labute approximate surface area is 157 Å². The molecular weight excluding hydrogens is 338 g/mol. The van der Waals surface area contributed by atoms with Gasteiger partial charge < -0.3 is 4.74 Å². The zero-order valence-corrected chi connectivity index (χ0v) is 14.7. The number of nitrogens with zero attached hydrogens (tertiary/aromatic N) is 3. The van der Waals surface area contributed by atoms with Gasteiger partial charge in [0, 0.05) is 22.4 Å². The first-order valence-corrected chi connectivity index (χ1v) is 8.12. The highest BCUT2D eigenvalue weighted by Gasteiger charge is 2.22. The Morgan fingerprint density at radius 1 is 1.19 bits per heavy atom. The standard InChI is InChI=1S/C21H17N5O/c1-4-15-10-8-9-13-17(15)14(2)24-18(19(22)23-3)21-26-25-20(27-21)16-11-6-5-7-12-16/h1,5-13,22,26H,3H2,2H3. The smallest absolute Gasteiger partial charge is 0.245 e. The second kappa shape index (κ2) is 7.93. The topological polar surface area (TPSA) is 82.2 Å². The molecule has 6 nitrogen and oxygen atoms in total. The number of rotatable bonds is 4. The fraction of sp³-hybridized carbons (Fsp3) is 0.0476. The maximum absolute atomic E-state index is 8.08. The second-order valence-electron chi connectivity index (χ2n) is 5.57. The Hall–Kier alpha value is -3.98. The van der Waals surface area contributed by atoms with Crippen molar-refractivity contribution >= 4 is 24.2 Å². The fourth-order valence-electron chi connectivity index (χ4n) is 2.49. The van der Waals surface area contributed by atoms with Gasteiger partial charge in [0.25, 0.3) is 0 Å². The normalized spacial score (nSPS) is 15.1. The number of hydrogen-bond acceptors (Lipinski definition) is 5. The number of hydrogen-bond donors (Lipinski definition) is 2. The summed E-state index contributed by atoms with van der Waals surface area (Å²) in [6.45, 7) is 5.22. The molecule has 0 bridgehead atoms. The van der Waals surface area contributed by atoms with E-state index in [-0.39, 0.29) is 17.4 Å². The highest BCUT2D eigenvalue weighted by atomic mass is 16.5. The molecule has 1 aliphatic rings. The van der Waals surface area contributed by atoms with Gasteiger partial charge >= 0.3 is 0 Å². The maximum Gasteiger partial charge on any atom is 0.245 e. The summed E-state index contributed by atoms with van der Waals surface area (Å²) < 4.78 is 5.77. The van der Waals surface area contributed by atoms with Gasteiger partial charge in [0.1, 0.15) is 0 Å². The van der Waals surface area contributed by atoms with Crippen LogP contribution in [0.3, 0.4) is 0 Å². The van der Waals surface area contributed by atoms with Crippen molar-refractivity contribution in [1.82, 2.24) is 5.43 Å². The predicted octanol–water partition coefficient (Wildman–Crippen LogP) is 3.31. The summed E-state index contributed by atoms with van der Waals surface area (Å²) in [6, 6.07) is 16.9. The number of amidine groups is 1. The molecule has 27 heavy (non-hydrogen) atoms. The molecule has 1 heterocycles. The molecule has 0 aromatic heterocycles. The van der Waals surface area contributed by atoms with Crippen molar-refractivity contribution in [1.29, 1.82) is 5.41 Å². The first-order chi connectivity index (χ1) is 13.1. The zero-order chi connectivity index (χ0) is 19.2. The molecule has 0 saturated carbocycles. The Morgan fingerprint density at radius 2 is 1.89 bits per heavy atom. The van der Waals surface area contributed by atoms with Crippen molar-refractivity contribution in [3.63, 3.8) is 0 Å². The van der Waals surface area contributed by atoms with Gasteiger partial charge in [-0.25, -0.2) is 15.4 Å². The quantitative estimate of drug-likeness (QED) is 0.501. The van der Waals surface area contributed by atoms with Crippen molar-refractivity contribution in [3.8, 4) is 12.3 Å². The Morgan fingerprint density at radius 3 is 2.59 bits per heavy atom. The van der Waals surface area contributed by atoms with Gasteiger partial charge in [-0.15, -0.1) is 11.5 Å². The second-order valence-corrected chi connectivity index (χ2v) is 5.57. The monoisotopic (exact) mass is 355 g/mol. The van der Waals surface area contributed by atoms with E-state index in [0.29, 0.717) is 17.2 Å². The number of nitrogens with one attached hydrogen (secondary N) is 2. The molecule has 0 atom stereocenters. The number of aliphatic imine (C=N–C) groups is 2. The van der Waals surface area contributed by atoms with Gasteiger partial charge in [-0.1, -0.05) is 42.3 Å². The third-order valence-corrected chi connectivity index (χ3v) is 3.83. The van der Waals surface area contributed by atoms with Crippen LogP contribution < -0.4 is 5.43 Å². The third kappa shape index (κ3) is 3.83. The first kappa shape index (κ1) is 17.8. The lowest BCUT2D eigenvalue weighted by Crippen LogP contribution is -2.11. The lowest BCUT2D eigenvalue weighted by atomic mass is 10.0. The molecule has 1 aliphatic heterocycles. The summed E-state index contributed by atoms with van der Waals surface area (Å²) >= 11 is 0. The SMILES string of the molecule is C#Cc1ccccc1C(C)=NC(C(=N)N=C)=C1NN=C(c2ccccc2)O1. The van der Waals surface area contributed by atoms with Crippen LogP contribution in [0.4, 0.5) is 0 Å². The molecule has 0 saturated heterocycles. The van der Waals surface area contributed by atoms with Crippen LogP contribution in [-0.2, 0) is 4.74 Å². The highest BCUT2D eigenvalue weighted by molar-refractivity contribution is 6.07. The summed E-state index contributed by atoms with van der Waals surface area (Å²) in [7, 11) is 0. The number of terminal acetylenes is 1. The summed E-state index contributed by atoms with van der Waals surface area (Å²) in [4.78, 5) is 8.20. The summed E-state index contributed by atoms with van der Waals surface area (Å²) in [5.74, 6) is 3.09. The largest absolute Gasteiger partial charge is 0.417 e. The molecule has 0 unspecified atom stereocenters. The van der Waals surface area contributed by atoms with Gasteiger partial charge in [-0.3, -0.25) is 5.41 Å². The van der Waals surface area contributed by atoms with Crippen LogP contribution in [0.1, 0.15) is 23.6 Å². The first-order valence-electron chi connectivity index (χ1n) is 8.12. The van der Waals surface area contributed by atoms with Crippen LogP contribution in [0, 0.1) is 17.8 Å². The molecule has 2 aromatic carbocycles. The molecule has 3 rings (SSSR count). The Kier molecular flexibility index (Phi) is 5.24. The third-order valence-electron chi connectivity index (χ3n) is 3.83. The summed E-state index contributed by atoms with van der Waals surface area (Å²) in [6.07, 6.45) is 5.57. The Bertz CT molecular complexity index is 1030. The maximum atomic E-state index is 8.08. The molecule has 0 radical (unpaired) electrons. The van der Waals surface area contributed by atoms with E-state index in [0.717, 1.165) is 11.1 Å². The van der Waals surface area contributed by atoms with E-state index in [2.05, 4.69) is 33.1 Å². The van der Waals surface area contributed by atoms with E-state index in [9.17, 15) is 0 Å². The zero-order valence-electron chi connectivity index (χ0n) is 14.7. The molecule has 0 amide bonds. The molecule has 0 aliphatic carbocycles. The predicted molar refractivity (Wildman–Crippen MR) is 108 cm³/mol. The fourth-order valence-corrected chi connectivity index (χ4v) is 2.49. The molecular formula is C21H17N5O. The van der Waals surface area contributed by atoms with Crippen LogP contribution in [0.5, 0.6) is 0 Å². The van der Waals surface area contributed by atoms with Crippen LogP contribution in [0.2, 0.25) is 0 Å². The average molecular weight is 355 g/mol. The molecule has 2 aromatic rings. The lowest BCUT2D eigenvalue weighted by Gasteiger charge is -2.08. The van der Waals surface area contributed by atoms with Crippen molar-refractivity contribution in [3.05, 3.63) is 82.9 Å². The summed E-state index contributed by atoms with van der Waals surface area (Å²) in [5, 5.41) is 12.2. The molecule has 2 N–H and O–H groups in total. The van der Waals surface area contributed by atoms with Gasteiger partial charge in [0.05, 0.1) is 0 Å². The van der Waals surface area contributed by atoms with E-state index in [1.165, 1.54) is 0 Å². The molecule has 132 valence electrons. The van der Waals surface area contributed by atoms with E-state index in [1.807, 2.05) is 54.6 Å². The van der Waals surface area contributed by atoms with E-state index >= 15 is 0 Å². The van der Waals surface area contributed by atoms with Crippen LogP contribution in [0.15, 0.2) is 81.3 Å². The minimum Gasteiger partial charge on any atom is -0.417 e. The van der Waals surface area contributed by atoms with E-state index in [1.54, 1.807) is 6.92 Å². The van der Waals surface area contributed by atoms with Gasteiger partial charge in [0.15, 0.2) is 11.5 Å². The number of ether oxygens (including phenoxy) is 1. The van der Waals surface area contributed by atoms with Crippen LogP contribution >= 0.6 is 0 Å². The lowest BCUT2D eigenvalue weighted by molar-refractivity contribution is 0.412. The Balaban J connectivity index is 1.99. The van der Waals surface area contributed by atoms with Gasteiger partial charge in [-0.2, -0.15) is 0 Å². The van der Waals surface area contributed by atoms with Crippen LogP contribution in [0.25, 0.3) is 0 Å². The van der Waals surface area contributed by atoms with E-state index < -0.39 is 0 Å². The molecule has 0 fully saturated rings. The molecule has 0 spiro atoms.